The van der Waals surface area contributed by atoms with Crippen LogP contribution < -0.4 is 11.1 Å². The first-order valence-electron chi connectivity index (χ1n) is 9.02. The number of carbonyl (C=O) groups excluding carboxylic acids is 1. The highest BCUT2D eigenvalue weighted by atomic mass is 32.1. The zero-order chi connectivity index (χ0) is 21.9. The molecule has 0 aliphatic heterocycles. The van der Waals surface area contributed by atoms with Gasteiger partial charge in [0.25, 0.3) is 5.91 Å². The molecule has 0 saturated carbocycles. The predicted molar refractivity (Wildman–Crippen MR) is 106 cm³/mol. The van der Waals surface area contributed by atoms with Gasteiger partial charge in [0.05, 0.1) is 29.6 Å². The van der Waals surface area contributed by atoms with Crippen LogP contribution in [0.5, 0.6) is 0 Å². The highest BCUT2D eigenvalue weighted by Crippen LogP contribution is 2.30. The molecule has 3 heterocycles. The molecular formula is C19H20F3N5O2S. The van der Waals surface area contributed by atoms with Crippen LogP contribution in [0.2, 0.25) is 0 Å². The van der Waals surface area contributed by atoms with Crippen molar-refractivity contribution in [1.29, 1.82) is 0 Å². The molecule has 1 amide bonds. The lowest BCUT2D eigenvalue weighted by molar-refractivity contribution is -0.137. The summed E-state index contributed by atoms with van der Waals surface area (Å²) >= 11 is 1.28. The number of hydrogen-bond acceptors (Lipinski definition) is 6. The number of rotatable bonds is 7. The molecule has 0 aliphatic rings. The van der Waals surface area contributed by atoms with E-state index in [1.54, 1.807) is 19.2 Å². The number of nitrogens with zero attached hydrogens (tertiary/aromatic N) is 2. The summed E-state index contributed by atoms with van der Waals surface area (Å²) < 4.78 is 38.2. The lowest BCUT2D eigenvalue weighted by Crippen LogP contribution is -2.30. The Morgan fingerprint density at radius 3 is 2.67 bits per heavy atom. The molecule has 0 aliphatic carbocycles. The van der Waals surface area contributed by atoms with Gasteiger partial charge in [-0.25, -0.2) is 4.98 Å². The second-order valence-electron chi connectivity index (χ2n) is 6.59. The van der Waals surface area contributed by atoms with Gasteiger partial charge in [0.2, 0.25) is 0 Å². The second-order valence-corrected chi connectivity index (χ2v) is 7.74. The van der Waals surface area contributed by atoms with Crippen LogP contribution in [-0.4, -0.2) is 32.5 Å². The summed E-state index contributed by atoms with van der Waals surface area (Å²) in [4.78, 5) is 24.4. The zero-order valence-corrected chi connectivity index (χ0v) is 16.8. The molecule has 7 nitrogen and oxygen atoms in total. The van der Waals surface area contributed by atoms with Gasteiger partial charge in [0, 0.05) is 17.3 Å². The van der Waals surface area contributed by atoms with E-state index in [9.17, 15) is 23.1 Å². The minimum atomic E-state index is -4.47. The lowest BCUT2D eigenvalue weighted by atomic mass is 10.1. The number of pyridine rings is 1. The summed E-state index contributed by atoms with van der Waals surface area (Å²) in [6.07, 6.45) is -1.64. The number of aromatic nitrogens is 3. The van der Waals surface area contributed by atoms with Crippen molar-refractivity contribution in [2.75, 3.05) is 6.54 Å². The van der Waals surface area contributed by atoms with E-state index in [2.05, 4.69) is 20.3 Å². The summed E-state index contributed by atoms with van der Waals surface area (Å²) in [5.74, 6) is -0.386. The van der Waals surface area contributed by atoms with Gasteiger partial charge in [-0.1, -0.05) is 0 Å². The van der Waals surface area contributed by atoms with E-state index < -0.39 is 11.7 Å². The summed E-state index contributed by atoms with van der Waals surface area (Å²) in [5, 5.41) is 12.6. The van der Waals surface area contributed by atoms with E-state index in [1.165, 1.54) is 17.4 Å². The summed E-state index contributed by atoms with van der Waals surface area (Å²) in [6, 6.07) is 3.47. The van der Waals surface area contributed by atoms with Gasteiger partial charge in [-0.15, -0.1) is 11.3 Å². The molecular weight excluding hydrogens is 419 g/mol. The monoisotopic (exact) mass is 439 g/mol. The molecule has 11 heteroatoms. The zero-order valence-electron chi connectivity index (χ0n) is 16.0. The van der Waals surface area contributed by atoms with Crippen LogP contribution in [0.4, 0.5) is 13.2 Å². The molecule has 0 spiro atoms. The topological polar surface area (TPSA) is 117 Å². The fraction of sp³-hybridized carbons (Fsp3) is 0.316. The normalized spacial score (nSPS) is 12.7. The van der Waals surface area contributed by atoms with E-state index in [0.717, 1.165) is 17.1 Å². The lowest BCUT2D eigenvalue weighted by Gasteiger charge is -2.16. The Hall–Kier alpha value is -2.76. The number of thiazole rings is 1. The van der Waals surface area contributed by atoms with Gasteiger partial charge in [0.1, 0.15) is 10.7 Å². The molecule has 0 bridgehead atoms. The van der Waals surface area contributed by atoms with Gasteiger partial charge >= 0.3 is 6.18 Å². The fourth-order valence-electron chi connectivity index (χ4n) is 2.89. The van der Waals surface area contributed by atoms with Crippen molar-refractivity contribution in [1.82, 2.24) is 20.3 Å². The molecule has 3 aromatic rings. The Morgan fingerprint density at radius 2 is 2.10 bits per heavy atom. The number of halogens is 3. The third-order valence-electron chi connectivity index (χ3n) is 4.42. The first kappa shape index (κ1) is 21.9. The predicted octanol–water partition coefficient (Wildman–Crippen LogP) is 3.17. The molecule has 3 aromatic heterocycles. The molecule has 160 valence electrons. The Labute approximate surface area is 174 Å². The van der Waals surface area contributed by atoms with E-state index in [-0.39, 0.29) is 24.2 Å². The number of hydrogen-bond donors (Lipinski definition) is 4. The number of amides is 1. The van der Waals surface area contributed by atoms with Crippen LogP contribution >= 0.6 is 11.3 Å². The number of alkyl halides is 3. The van der Waals surface area contributed by atoms with Crippen LogP contribution in [0, 0.1) is 6.92 Å². The Morgan fingerprint density at radius 1 is 1.33 bits per heavy atom. The SMILES string of the molecule is Cc1cc(-c2ccc(C(F)(F)F)cn2)[nH]c1C(=O)NC(CCN)c1cnc(CO)s1. The number of nitrogens with two attached hydrogens (primary N) is 1. The standard InChI is InChI=1S/C19H20F3N5O2S/c1-10-6-14(12-3-2-11(7-24-12)19(20,21)22)26-17(10)18(29)27-13(4-5-23)15-8-25-16(9-28)30-15/h2-3,6-8,13,26,28H,4-5,9,23H2,1H3,(H,27,29). The quantitative estimate of drug-likeness (QED) is 0.451. The Balaban J connectivity index is 1.80. The van der Waals surface area contributed by atoms with Gasteiger partial charge in [0.15, 0.2) is 0 Å². The average molecular weight is 439 g/mol. The molecule has 30 heavy (non-hydrogen) atoms. The highest BCUT2D eigenvalue weighted by molar-refractivity contribution is 7.11. The maximum atomic E-state index is 12.8. The largest absolute Gasteiger partial charge is 0.417 e. The van der Waals surface area contributed by atoms with E-state index in [4.69, 9.17) is 5.73 Å². The second kappa shape index (κ2) is 8.94. The molecule has 0 radical (unpaired) electrons. The Kier molecular flexibility index (Phi) is 6.54. The van der Waals surface area contributed by atoms with Crippen LogP contribution in [0.15, 0.2) is 30.6 Å². The van der Waals surface area contributed by atoms with Crippen molar-refractivity contribution in [3.63, 3.8) is 0 Å². The fourth-order valence-corrected chi connectivity index (χ4v) is 3.76. The van der Waals surface area contributed by atoms with Crippen molar-refractivity contribution in [2.45, 2.75) is 32.2 Å². The van der Waals surface area contributed by atoms with Gasteiger partial charge in [-0.2, -0.15) is 13.2 Å². The summed E-state index contributed by atoms with van der Waals surface area (Å²) in [7, 11) is 0. The highest BCUT2D eigenvalue weighted by Gasteiger charge is 2.30. The Bertz CT molecular complexity index is 1010. The molecule has 0 saturated heterocycles. The number of H-pyrrole nitrogens is 1. The van der Waals surface area contributed by atoms with Gasteiger partial charge in [-0.3, -0.25) is 9.78 Å². The van der Waals surface area contributed by atoms with Crippen molar-refractivity contribution in [2.24, 2.45) is 5.73 Å². The molecule has 5 N–H and O–H groups in total. The van der Waals surface area contributed by atoms with Gasteiger partial charge in [-0.05, 0) is 43.7 Å². The first-order valence-corrected chi connectivity index (χ1v) is 9.84. The van der Waals surface area contributed by atoms with Crippen molar-refractivity contribution >= 4 is 17.2 Å². The summed E-state index contributed by atoms with van der Waals surface area (Å²) in [6.45, 7) is 1.86. The number of nitrogens with one attached hydrogen (secondary N) is 2. The third kappa shape index (κ3) is 4.86. The molecule has 0 aromatic carbocycles. The number of aryl methyl sites for hydroxylation is 1. The maximum Gasteiger partial charge on any atom is 0.417 e. The number of aromatic amines is 1. The molecule has 1 unspecified atom stereocenters. The average Bonchev–Trinajstić information content (AvgIpc) is 3.34. The van der Waals surface area contributed by atoms with Crippen LogP contribution in [0.3, 0.4) is 0 Å². The molecule has 3 rings (SSSR count). The van der Waals surface area contributed by atoms with E-state index >= 15 is 0 Å². The van der Waals surface area contributed by atoms with Crippen LogP contribution in [-0.2, 0) is 12.8 Å². The number of aliphatic hydroxyl groups excluding tert-OH is 1. The van der Waals surface area contributed by atoms with E-state index in [0.29, 0.717) is 34.9 Å². The first-order chi connectivity index (χ1) is 14.2. The maximum absolute atomic E-state index is 12.8. The number of aliphatic hydroxyl groups is 1. The number of carbonyl (C=O) groups is 1. The van der Waals surface area contributed by atoms with E-state index in [1.807, 2.05) is 0 Å². The van der Waals surface area contributed by atoms with Crippen LogP contribution in [0.25, 0.3) is 11.4 Å². The smallest absolute Gasteiger partial charge is 0.389 e. The minimum absolute atomic E-state index is 0.187. The van der Waals surface area contributed by atoms with Crippen molar-refractivity contribution < 1.29 is 23.1 Å². The van der Waals surface area contributed by atoms with Crippen molar-refractivity contribution in [3.05, 3.63) is 57.3 Å². The van der Waals surface area contributed by atoms with Crippen LogP contribution in [0.1, 0.15) is 44.0 Å². The minimum Gasteiger partial charge on any atom is -0.389 e. The van der Waals surface area contributed by atoms with Crippen molar-refractivity contribution in [3.8, 4) is 11.4 Å². The summed E-state index contributed by atoms with van der Waals surface area (Å²) in [5.41, 5.74) is 6.44. The molecule has 1 atom stereocenters. The third-order valence-corrected chi connectivity index (χ3v) is 5.52. The molecule has 0 fully saturated rings. The van der Waals surface area contributed by atoms with Gasteiger partial charge < -0.3 is 21.1 Å².